The maximum Gasteiger partial charge on any atom is 0.127 e. The summed E-state index contributed by atoms with van der Waals surface area (Å²) in [6.45, 7) is 2.12. The van der Waals surface area contributed by atoms with Gasteiger partial charge in [-0.05, 0) is 18.6 Å². The third kappa shape index (κ3) is 3.58. The molecule has 0 unspecified atom stereocenters. The van der Waals surface area contributed by atoms with Gasteiger partial charge in [0.05, 0.1) is 12.7 Å². The number of unbranched alkanes of at least 4 members (excludes halogenated alkanes) is 1. The van der Waals surface area contributed by atoms with Gasteiger partial charge in [-0.2, -0.15) is 0 Å². The molecule has 1 aromatic carbocycles. The van der Waals surface area contributed by atoms with Crippen LogP contribution >= 0.6 is 12.4 Å². The van der Waals surface area contributed by atoms with Gasteiger partial charge in [0.1, 0.15) is 11.5 Å². The molecule has 0 spiro atoms. The number of nitrogens with two attached hydrogens (primary N) is 1. The van der Waals surface area contributed by atoms with Crippen LogP contribution in [0.2, 0.25) is 0 Å². The second-order valence-corrected chi connectivity index (χ2v) is 3.64. The van der Waals surface area contributed by atoms with E-state index in [0.717, 1.165) is 19.3 Å². The van der Waals surface area contributed by atoms with E-state index in [0.29, 0.717) is 11.3 Å². The summed E-state index contributed by atoms with van der Waals surface area (Å²) in [7, 11) is 1.59. The Kier molecular flexibility index (Phi) is 6.93. The molecule has 4 heteroatoms. The number of benzene rings is 1. The van der Waals surface area contributed by atoms with Crippen LogP contribution in [0.4, 0.5) is 0 Å². The van der Waals surface area contributed by atoms with Gasteiger partial charge in [0, 0.05) is 6.04 Å². The van der Waals surface area contributed by atoms with Crippen LogP contribution in [-0.4, -0.2) is 12.2 Å². The van der Waals surface area contributed by atoms with Crippen molar-refractivity contribution in [1.29, 1.82) is 0 Å². The number of methoxy groups -OCH3 is 1. The van der Waals surface area contributed by atoms with Crippen molar-refractivity contribution in [2.75, 3.05) is 7.11 Å². The fourth-order valence-corrected chi connectivity index (χ4v) is 1.65. The molecule has 92 valence electrons. The van der Waals surface area contributed by atoms with Crippen LogP contribution in [0.1, 0.15) is 37.8 Å². The molecule has 1 atom stereocenters. The summed E-state index contributed by atoms with van der Waals surface area (Å²) in [6.07, 6.45) is 3.02. The number of halogens is 1. The van der Waals surface area contributed by atoms with E-state index in [4.69, 9.17) is 10.5 Å². The largest absolute Gasteiger partial charge is 0.507 e. The average molecular weight is 246 g/mol. The Morgan fingerprint density at radius 1 is 1.44 bits per heavy atom. The normalized spacial score (nSPS) is 11.7. The van der Waals surface area contributed by atoms with E-state index in [1.54, 1.807) is 19.2 Å². The van der Waals surface area contributed by atoms with Gasteiger partial charge in [0.2, 0.25) is 0 Å². The first-order valence-electron chi connectivity index (χ1n) is 5.32. The van der Waals surface area contributed by atoms with Gasteiger partial charge in [0.25, 0.3) is 0 Å². The first-order valence-corrected chi connectivity index (χ1v) is 5.32. The second-order valence-electron chi connectivity index (χ2n) is 3.64. The van der Waals surface area contributed by atoms with Crippen molar-refractivity contribution in [3.05, 3.63) is 23.8 Å². The van der Waals surface area contributed by atoms with E-state index in [-0.39, 0.29) is 24.2 Å². The highest BCUT2D eigenvalue weighted by Crippen LogP contribution is 2.34. The SMILES string of the molecule is CCCC[C@H](N)c1c(O)cccc1OC.Cl. The van der Waals surface area contributed by atoms with Crippen LogP contribution in [0.3, 0.4) is 0 Å². The lowest BCUT2D eigenvalue weighted by atomic mass is 10.00. The lowest BCUT2D eigenvalue weighted by Crippen LogP contribution is -2.11. The summed E-state index contributed by atoms with van der Waals surface area (Å²) in [6, 6.07) is 5.07. The summed E-state index contributed by atoms with van der Waals surface area (Å²) in [5.41, 5.74) is 6.73. The molecule has 3 N–H and O–H groups in total. The first-order chi connectivity index (χ1) is 7.20. The van der Waals surface area contributed by atoms with Crippen LogP contribution in [0.25, 0.3) is 0 Å². The molecule has 0 saturated heterocycles. The van der Waals surface area contributed by atoms with Crippen LogP contribution in [-0.2, 0) is 0 Å². The van der Waals surface area contributed by atoms with Crippen LogP contribution in [0, 0.1) is 0 Å². The standard InChI is InChI=1S/C12H19NO2.ClH/c1-3-4-6-9(13)12-10(14)7-5-8-11(12)15-2;/h5,7-9,14H,3-4,6,13H2,1-2H3;1H/t9-;/m0./s1. The highest BCUT2D eigenvalue weighted by Gasteiger charge is 2.15. The summed E-state index contributed by atoms with van der Waals surface area (Å²) in [4.78, 5) is 0. The number of ether oxygens (including phenoxy) is 1. The molecule has 0 aliphatic carbocycles. The number of phenolic OH excluding ortho intramolecular Hbond substituents is 1. The predicted molar refractivity (Wildman–Crippen MR) is 68.4 cm³/mol. The lowest BCUT2D eigenvalue weighted by molar-refractivity contribution is 0.390. The molecule has 0 aromatic heterocycles. The zero-order valence-electron chi connectivity index (χ0n) is 9.77. The maximum atomic E-state index is 9.73. The van der Waals surface area contributed by atoms with Crippen molar-refractivity contribution < 1.29 is 9.84 Å². The average Bonchev–Trinajstić information content (AvgIpc) is 2.25. The van der Waals surface area contributed by atoms with Gasteiger partial charge < -0.3 is 15.6 Å². The van der Waals surface area contributed by atoms with Gasteiger partial charge in [-0.15, -0.1) is 12.4 Å². The molecule has 1 rings (SSSR count). The molecule has 1 aromatic rings. The quantitative estimate of drug-likeness (QED) is 0.839. The highest BCUT2D eigenvalue weighted by molar-refractivity contribution is 5.85. The highest BCUT2D eigenvalue weighted by atomic mass is 35.5. The third-order valence-electron chi connectivity index (χ3n) is 2.50. The van der Waals surface area contributed by atoms with Crippen LogP contribution in [0.15, 0.2) is 18.2 Å². The van der Waals surface area contributed by atoms with Crippen molar-refractivity contribution in [2.45, 2.75) is 32.2 Å². The molecule has 0 saturated carbocycles. The van der Waals surface area contributed by atoms with E-state index in [1.807, 2.05) is 6.07 Å². The van der Waals surface area contributed by atoms with E-state index < -0.39 is 0 Å². The molecule has 16 heavy (non-hydrogen) atoms. The molecule has 0 bridgehead atoms. The Morgan fingerprint density at radius 3 is 2.69 bits per heavy atom. The monoisotopic (exact) mass is 245 g/mol. The molecular formula is C12H20ClNO2. The molecule has 3 nitrogen and oxygen atoms in total. The number of phenols is 1. The zero-order chi connectivity index (χ0) is 11.3. The Bertz CT molecular complexity index is 318. The van der Waals surface area contributed by atoms with Gasteiger partial charge in [-0.1, -0.05) is 25.8 Å². The topological polar surface area (TPSA) is 55.5 Å². The number of rotatable bonds is 5. The van der Waals surface area contributed by atoms with Gasteiger partial charge in [-0.3, -0.25) is 0 Å². The molecular weight excluding hydrogens is 226 g/mol. The Balaban J connectivity index is 0.00000225. The van der Waals surface area contributed by atoms with Crippen molar-refractivity contribution in [1.82, 2.24) is 0 Å². The second kappa shape index (κ2) is 7.36. The van der Waals surface area contributed by atoms with Crippen LogP contribution < -0.4 is 10.5 Å². The smallest absolute Gasteiger partial charge is 0.127 e. The fourth-order valence-electron chi connectivity index (χ4n) is 1.65. The van der Waals surface area contributed by atoms with Crippen molar-refractivity contribution in [2.24, 2.45) is 5.73 Å². The minimum Gasteiger partial charge on any atom is -0.507 e. The van der Waals surface area contributed by atoms with Gasteiger partial charge >= 0.3 is 0 Å². The number of aromatic hydroxyl groups is 1. The molecule has 0 heterocycles. The molecule has 0 amide bonds. The summed E-state index contributed by atoms with van der Waals surface area (Å²) >= 11 is 0. The minimum absolute atomic E-state index is 0. The third-order valence-corrected chi connectivity index (χ3v) is 2.50. The Morgan fingerprint density at radius 2 is 2.12 bits per heavy atom. The Hall–Kier alpha value is -0.930. The maximum absolute atomic E-state index is 9.73. The molecule has 0 fully saturated rings. The summed E-state index contributed by atoms with van der Waals surface area (Å²) < 4.78 is 5.19. The first kappa shape index (κ1) is 15.1. The van der Waals surface area contributed by atoms with E-state index in [2.05, 4.69) is 6.92 Å². The van der Waals surface area contributed by atoms with Crippen molar-refractivity contribution >= 4 is 12.4 Å². The molecule has 0 aliphatic rings. The molecule has 0 radical (unpaired) electrons. The van der Waals surface area contributed by atoms with Crippen molar-refractivity contribution in [3.8, 4) is 11.5 Å². The predicted octanol–water partition coefficient (Wildman–Crippen LogP) is 3.01. The number of hydrogen-bond acceptors (Lipinski definition) is 3. The van der Waals surface area contributed by atoms with Crippen molar-refractivity contribution in [3.63, 3.8) is 0 Å². The van der Waals surface area contributed by atoms with Crippen LogP contribution in [0.5, 0.6) is 11.5 Å². The van der Waals surface area contributed by atoms with E-state index in [1.165, 1.54) is 0 Å². The Labute approximate surface area is 103 Å². The fraction of sp³-hybridized carbons (Fsp3) is 0.500. The van der Waals surface area contributed by atoms with Gasteiger partial charge in [0.15, 0.2) is 0 Å². The van der Waals surface area contributed by atoms with Gasteiger partial charge in [-0.25, -0.2) is 0 Å². The van der Waals surface area contributed by atoms with E-state index in [9.17, 15) is 5.11 Å². The van der Waals surface area contributed by atoms with E-state index >= 15 is 0 Å². The minimum atomic E-state index is -0.152. The molecule has 0 aliphatic heterocycles. The summed E-state index contributed by atoms with van der Waals surface area (Å²) in [5.74, 6) is 0.886. The zero-order valence-corrected chi connectivity index (χ0v) is 10.6. The number of hydrogen-bond donors (Lipinski definition) is 2. The lowest BCUT2D eigenvalue weighted by Gasteiger charge is -2.16. The summed E-state index contributed by atoms with van der Waals surface area (Å²) in [5, 5.41) is 9.73.